The third-order valence-electron chi connectivity index (χ3n) is 1.47. The molecule has 0 aliphatic carbocycles. The van der Waals surface area contributed by atoms with Crippen molar-refractivity contribution in [2.75, 3.05) is 0 Å². The van der Waals surface area contributed by atoms with E-state index in [4.69, 9.17) is 0 Å². The zero-order chi connectivity index (χ0) is 7.56. The summed E-state index contributed by atoms with van der Waals surface area (Å²) in [6.45, 7) is 2.16. The van der Waals surface area contributed by atoms with E-state index in [0.29, 0.717) is 0 Å². The predicted molar refractivity (Wildman–Crippen MR) is 52.9 cm³/mol. The molecular formula is C8H10BrP. The van der Waals surface area contributed by atoms with Crippen LogP contribution < -0.4 is 5.30 Å². The Morgan fingerprint density at radius 2 is 2.20 bits per heavy atom. The third-order valence-corrected chi connectivity index (χ3v) is 3.09. The number of benzene rings is 1. The molecule has 0 aromatic heterocycles. The first kappa shape index (κ1) is 8.23. The molecule has 10 heavy (non-hydrogen) atoms. The Bertz CT molecular complexity index is 233. The van der Waals surface area contributed by atoms with Crippen LogP contribution in [0.3, 0.4) is 0 Å². The Morgan fingerprint density at radius 3 is 2.70 bits per heavy atom. The summed E-state index contributed by atoms with van der Waals surface area (Å²) in [6, 6.07) is 6.41. The van der Waals surface area contributed by atoms with Gasteiger partial charge in [-0.2, -0.15) is 0 Å². The maximum Gasteiger partial charge on any atom is 0.0249 e. The van der Waals surface area contributed by atoms with Crippen LogP contribution in [0.5, 0.6) is 0 Å². The fourth-order valence-corrected chi connectivity index (χ4v) is 1.40. The van der Waals surface area contributed by atoms with Gasteiger partial charge in [-0.1, -0.05) is 35.0 Å². The molecule has 0 N–H and O–H groups in total. The number of rotatable bonds is 1. The van der Waals surface area contributed by atoms with Gasteiger partial charge in [0.05, 0.1) is 0 Å². The van der Waals surface area contributed by atoms with Crippen LogP contribution in [0.25, 0.3) is 0 Å². The van der Waals surface area contributed by atoms with Crippen LogP contribution >= 0.6 is 25.2 Å². The molecule has 0 spiro atoms. The van der Waals surface area contributed by atoms with Gasteiger partial charge < -0.3 is 0 Å². The Hall–Kier alpha value is 0.130. The minimum atomic E-state index is 1.10. The predicted octanol–water partition coefficient (Wildman–Crippen LogP) is 2.51. The molecule has 54 valence electrons. The summed E-state index contributed by atoms with van der Waals surface area (Å²) in [5.41, 5.74) is 1.37. The molecule has 0 nitrogen and oxygen atoms in total. The smallest absolute Gasteiger partial charge is 0.0249 e. The van der Waals surface area contributed by atoms with Crippen LogP contribution in [-0.2, 0) is 6.42 Å². The van der Waals surface area contributed by atoms with Gasteiger partial charge in [-0.15, -0.1) is 9.24 Å². The second-order valence-electron chi connectivity index (χ2n) is 2.21. The molecule has 0 bridgehead atoms. The Morgan fingerprint density at radius 1 is 1.50 bits per heavy atom. The highest BCUT2D eigenvalue weighted by atomic mass is 79.9. The first-order chi connectivity index (χ1) is 4.74. The monoisotopic (exact) mass is 216 g/mol. The van der Waals surface area contributed by atoms with Crippen LogP contribution in [0.15, 0.2) is 22.7 Å². The second-order valence-corrected chi connectivity index (χ2v) is 3.69. The van der Waals surface area contributed by atoms with E-state index in [-0.39, 0.29) is 0 Å². The van der Waals surface area contributed by atoms with E-state index in [1.54, 1.807) is 0 Å². The van der Waals surface area contributed by atoms with Crippen molar-refractivity contribution in [3.05, 3.63) is 28.2 Å². The van der Waals surface area contributed by atoms with Crippen molar-refractivity contribution in [3.8, 4) is 0 Å². The Kier molecular flexibility index (Phi) is 2.88. The van der Waals surface area contributed by atoms with Gasteiger partial charge in [0.15, 0.2) is 0 Å². The topological polar surface area (TPSA) is 0 Å². The van der Waals surface area contributed by atoms with Gasteiger partial charge in [-0.05, 0) is 23.4 Å². The lowest BCUT2D eigenvalue weighted by Crippen LogP contribution is -1.93. The van der Waals surface area contributed by atoms with E-state index >= 15 is 0 Å². The van der Waals surface area contributed by atoms with Gasteiger partial charge in [-0.25, -0.2) is 0 Å². The van der Waals surface area contributed by atoms with E-state index in [9.17, 15) is 0 Å². The van der Waals surface area contributed by atoms with Gasteiger partial charge in [0.1, 0.15) is 0 Å². The normalized spacial score (nSPS) is 9.90. The fraction of sp³-hybridized carbons (Fsp3) is 0.250. The molecule has 0 heterocycles. The van der Waals surface area contributed by atoms with E-state index in [1.165, 1.54) is 15.3 Å². The minimum Gasteiger partial charge on any atom is -0.104 e. The highest BCUT2D eigenvalue weighted by Gasteiger charge is 1.93. The molecule has 1 rings (SSSR count). The average Bonchev–Trinajstić information content (AvgIpc) is 1.95. The quantitative estimate of drug-likeness (QED) is 0.634. The van der Waals surface area contributed by atoms with E-state index in [2.05, 4.69) is 50.3 Å². The van der Waals surface area contributed by atoms with E-state index in [0.717, 1.165) is 6.42 Å². The zero-order valence-corrected chi connectivity index (χ0v) is 8.64. The third kappa shape index (κ3) is 1.81. The molecule has 1 aromatic carbocycles. The fourth-order valence-electron chi connectivity index (χ4n) is 0.791. The summed E-state index contributed by atoms with van der Waals surface area (Å²) in [7, 11) is 2.68. The highest BCUT2D eigenvalue weighted by molar-refractivity contribution is 9.10. The van der Waals surface area contributed by atoms with E-state index < -0.39 is 0 Å². The summed E-state index contributed by atoms with van der Waals surface area (Å²) in [6.07, 6.45) is 1.10. The summed E-state index contributed by atoms with van der Waals surface area (Å²) in [5.74, 6) is 0. The molecule has 1 aromatic rings. The van der Waals surface area contributed by atoms with Crippen molar-refractivity contribution in [1.82, 2.24) is 0 Å². The summed E-state index contributed by atoms with van der Waals surface area (Å²) < 4.78 is 1.18. The molecule has 0 aliphatic heterocycles. The molecule has 0 aliphatic rings. The van der Waals surface area contributed by atoms with Crippen molar-refractivity contribution >= 4 is 30.5 Å². The summed E-state index contributed by atoms with van der Waals surface area (Å²) >= 11 is 3.47. The lowest BCUT2D eigenvalue weighted by atomic mass is 10.2. The molecule has 0 fully saturated rings. The molecule has 0 saturated heterocycles. The highest BCUT2D eigenvalue weighted by Crippen LogP contribution is 2.12. The maximum absolute atomic E-state index is 3.47. The van der Waals surface area contributed by atoms with Gasteiger partial charge >= 0.3 is 0 Å². The second kappa shape index (κ2) is 3.50. The van der Waals surface area contributed by atoms with Gasteiger partial charge in [-0.3, -0.25) is 0 Å². The largest absolute Gasteiger partial charge is 0.104 e. The maximum atomic E-state index is 3.47. The van der Waals surface area contributed by atoms with Crippen molar-refractivity contribution in [1.29, 1.82) is 0 Å². The van der Waals surface area contributed by atoms with Crippen molar-refractivity contribution in [2.24, 2.45) is 0 Å². The number of halogens is 1. The van der Waals surface area contributed by atoms with Crippen molar-refractivity contribution in [2.45, 2.75) is 13.3 Å². The van der Waals surface area contributed by atoms with Crippen molar-refractivity contribution in [3.63, 3.8) is 0 Å². The molecule has 1 atom stereocenters. The van der Waals surface area contributed by atoms with Crippen LogP contribution in [0.4, 0.5) is 0 Å². The van der Waals surface area contributed by atoms with Crippen LogP contribution in [0, 0.1) is 0 Å². The minimum absolute atomic E-state index is 1.10. The number of hydrogen-bond donors (Lipinski definition) is 0. The molecule has 0 saturated carbocycles. The van der Waals surface area contributed by atoms with Crippen molar-refractivity contribution < 1.29 is 0 Å². The molecule has 2 heteroatoms. The lowest BCUT2D eigenvalue weighted by Gasteiger charge is -1.99. The lowest BCUT2D eigenvalue weighted by molar-refractivity contribution is 1.14. The SMILES string of the molecule is CCc1ccc(P)c(Br)c1. The average molecular weight is 217 g/mol. The first-order valence-electron chi connectivity index (χ1n) is 3.28. The van der Waals surface area contributed by atoms with Gasteiger partial charge in [0.2, 0.25) is 0 Å². The van der Waals surface area contributed by atoms with Crippen LogP contribution in [-0.4, -0.2) is 0 Å². The number of hydrogen-bond acceptors (Lipinski definition) is 0. The zero-order valence-electron chi connectivity index (χ0n) is 5.89. The van der Waals surface area contributed by atoms with Gasteiger partial charge in [0.25, 0.3) is 0 Å². The summed E-state index contributed by atoms with van der Waals surface area (Å²) in [5, 5.41) is 1.22. The molecular weight excluding hydrogens is 207 g/mol. The van der Waals surface area contributed by atoms with E-state index in [1.807, 2.05) is 0 Å². The Balaban J connectivity index is 3.04. The molecule has 0 radical (unpaired) electrons. The molecule has 1 unspecified atom stereocenters. The Labute approximate surface area is 72.4 Å². The van der Waals surface area contributed by atoms with Crippen LogP contribution in [0.1, 0.15) is 12.5 Å². The van der Waals surface area contributed by atoms with Gasteiger partial charge in [0, 0.05) is 4.47 Å². The standard InChI is InChI=1S/C8H10BrP/c1-2-6-3-4-8(10)7(9)5-6/h3-5H,2,10H2,1H3. The first-order valence-corrected chi connectivity index (χ1v) is 4.65. The number of aryl methyl sites for hydroxylation is 1. The van der Waals surface area contributed by atoms with Crippen LogP contribution in [0.2, 0.25) is 0 Å². The molecule has 0 amide bonds. The summed E-state index contributed by atoms with van der Waals surface area (Å²) in [4.78, 5) is 0.